The number of halogens is 1. The van der Waals surface area contributed by atoms with E-state index in [2.05, 4.69) is 5.32 Å². The predicted molar refractivity (Wildman–Crippen MR) is 101 cm³/mol. The smallest absolute Gasteiger partial charge is 0.410 e. The number of nitrogens with zero attached hydrogens (tertiary/aromatic N) is 1. The van der Waals surface area contributed by atoms with Gasteiger partial charge in [-0.05, 0) is 57.9 Å². The Hall–Kier alpha value is -2.90. The summed E-state index contributed by atoms with van der Waals surface area (Å²) < 4.78 is 18.2. The molecular weight excluding hydrogens is 367 g/mol. The monoisotopic (exact) mass is 392 g/mol. The van der Waals surface area contributed by atoms with Crippen molar-refractivity contribution in [3.8, 4) is 0 Å². The normalized spacial score (nSPS) is 15.9. The van der Waals surface area contributed by atoms with Crippen LogP contribution in [0.2, 0.25) is 0 Å². The molecule has 1 saturated heterocycles. The predicted octanol–water partition coefficient (Wildman–Crippen LogP) is 2.81. The van der Waals surface area contributed by atoms with Gasteiger partial charge in [0.15, 0.2) is 0 Å². The number of hydrogen-bond acceptors (Lipinski definition) is 5. The number of aliphatic hydroxyl groups is 1. The molecule has 1 aromatic rings. The maximum atomic E-state index is 12.9. The van der Waals surface area contributed by atoms with Crippen LogP contribution in [-0.2, 0) is 14.3 Å². The van der Waals surface area contributed by atoms with E-state index in [0.29, 0.717) is 25.9 Å². The van der Waals surface area contributed by atoms with Crippen molar-refractivity contribution in [3.05, 3.63) is 41.7 Å². The van der Waals surface area contributed by atoms with Crippen molar-refractivity contribution in [2.45, 2.75) is 45.3 Å². The summed E-state index contributed by atoms with van der Waals surface area (Å²) in [6.45, 7) is 6.19. The van der Waals surface area contributed by atoms with Crippen molar-refractivity contribution in [3.63, 3.8) is 0 Å². The number of carbonyl (C=O) groups excluding carboxylic acids is 3. The molecule has 0 aromatic heterocycles. The number of ketones is 1. The van der Waals surface area contributed by atoms with Crippen LogP contribution < -0.4 is 5.32 Å². The number of benzene rings is 1. The molecule has 0 atom stereocenters. The molecule has 0 unspecified atom stereocenters. The van der Waals surface area contributed by atoms with Crippen LogP contribution in [0.4, 0.5) is 9.18 Å². The lowest BCUT2D eigenvalue weighted by atomic mass is 10.0. The molecule has 1 heterocycles. The van der Waals surface area contributed by atoms with E-state index in [0.717, 1.165) is 18.2 Å². The van der Waals surface area contributed by atoms with E-state index in [1.54, 1.807) is 25.7 Å². The Morgan fingerprint density at radius 1 is 1.18 bits per heavy atom. The van der Waals surface area contributed by atoms with Crippen LogP contribution in [0.25, 0.3) is 5.76 Å². The van der Waals surface area contributed by atoms with E-state index >= 15 is 0 Å². The largest absolute Gasteiger partial charge is 0.507 e. The molecule has 0 saturated carbocycles. The quantitative estimate of drug-likeness (QED) is 0.467. The minimum atomic E-state index is -0.906. The lowest BCUT2D eigenvalue weighted by molar-refractivity contribution is -0.135. The molecular formula is C20H25FN2O5. The minimum Gasteiger partial charge on any atom is -0.507 e. The van der Waals surface area contributed by atoms with Crippen LogP contribution in [0.1, 0.15) is 39.2 Å². The fourth-order valence-corrected chi connectivity index (χ4v) is 2.68. The summed E-state index contributed by atoms with van der Waals surface area (Å²) in [6.07, 6.45) is 1.39. The third-order valence-corrected chi connectivity index (χ3v) is 4.11. The molecule has 2 amide bonds. The van der Waals surface area contributed by atoms with Gasteiger partial charge in [0.1, 0.15) is 17.2 Å². The highest BCUT2D eigenvalue weighted by molar-refractivity contribution is 6.41. The molecule has 1 aromatic carbocycles. The molecule has 0 spiro atoms. The van der Waals surface area contributed by atoms with E-state index in [1.165, 1.54) is 12.1 Å². The zero-order valence-corrected chi connectivity index (χ0v) is 16.2. The summed E-state index contributed by atoms with van der Waals surface area (Å²) in [7, 11) is 0. The third-order valence-electron chi connectivity index (χ3n) is 4.11. The Morgan fingerprint density at radius 2 is 1.75 bits per heavy atom. The molecule has 8 heteroatoms. The van der Waals surface area contributed by atoms with Gasteiger partial charge in [-0.3, -0.25) is 9.59 Å². The SMILES string of the molecule is CC(C)(C)OC(=O)N1CCC(NC(=O)C(=O)/C=C(\O)c2ccc(F)cc2)CC1. The second-order valence-corrected chi connectivity index (χ2v) is 7.62. The molecule has 2 rings (SSSR count). The van der Waals surface area contributed by atoms with Gasteiger partial charge in [0.2, 0.25) is 5.78 Å². The highest BCUT2D eigenvalue weighted by Crippen LogP contribution is 2.16. The van der Waals surface area contributed by atoms with Gasteiger partial charge in [-0.1, -0.05) is 0 Å². The highest BCUT2D eigenvalue weighted by atomic mass is 19.1. The topological polar surface area (TPSA) is 95.9 Å². The zero-order chi connectivity index (χ0) is 20.9. The first-order chi connectivity index (χ1) is 13.0. The van der Waals surface area contributed by atoms with Crippen molar-refractivity contribution in [1.29, 1.82) is 0 Å². The van der Waals surface area contributed by atoms with E-state index < -0.39 is 35.0 Å². The average molecular weight is 392 g/mol. The second-order valence-electron chi connectivity index (χ2n) is 7.62. The average Bonchev–Trinajstić information content (AvgIpc) is 2.61. The second kappa shape index (κ2) is 8.86. The fraction of sp³-hybridized carbons (Fsp3) is 0.450. The Balaban J connectivity index is 1.85. The number of amides is 2. The molecule has 28 heavy (non-hydrogen) atoms. The van der Waals surface area contributed by atoms with Crippen LogP contribution >= 0.6 is 0 Å². The molecule has 1 aliphatic rings. The van der Waals surface area contributed by atoms with Crippen molar-refractivity contribution in [1.82, 2.24) is 10.2 Å². The van der Waals surface area contributed by atoms with Crippen LogP contribution in [0.3, 0.4) is 0 Å². The molecule has 152 valence electrons. The molecule has 1 fully saturated rings. The summed E-state index contributed by atoms with van der Waals surface area (Å²) in [6, 6.07) is 4.64. The molecule has 0 bridgehead atoms. The maximum absolute atomic E-state index is 12.9. The lowest BCUT2D eigenvalue weighted by Crippen LogP contribution is -2.48. The van der Waals surface area contributed by atoms with Gasteiger partial charge >= 0.3 is 6.09 Å². The standard InChI is InChI=1S/C20H25FN2O5/c1-20(2,3)28-19(27)23-10-8-15(9-11-23)22-18(26)17(25)12-16(24)13-4-6-14(21)7-5-13/h4-7,12,15,24H,8-11H2,1-3H3,(H,22,26)/b16-12-. The first kappa shape index (κ1) is 21.4. The van der Waals surface area contributed by atoms with Crippen LogP contribution in [0.5, 0.6) is 0 Å². The number of aliphatic hydroxyl groups excluding tert-OH is 1. The van der Waals surface area contributed by atoms with Crippen molar-refractivity contribution in [2.75, 3.05) is 13.1 Å². The van der Waals surface area contributed by atoms with Crippen molar-refractivity contribution < 1.29 is 28.6 Å². The molecule has 7 nitrogen and oxygen atoms in total. The first-order valence-electron chi connectivity index (χ1n) is 9.04. The van der Waals surface area contributed by atoms with E-state index in [4.69, 9.17) is 4.74 Å². The Morgan fingerprint density at radius 3 is 2.29 bits per heavy atom. The summed E-state index contributed by atoms with van der Waals surface area (Å²) in [5, 5.41) is 12.5. The Labute approximate surface area is 163 Å². The Bertz CT molecular complexity index is 760. The molecule has 2 N–H and O–H groups in total. The summed E-state index contributed by atoms with van der Waals surface area (Å²) >= 11 is 0. The fourth-order valence-electron chi connectivity index (χ4n) is 2.68. The summed E-state index contributed by atoms with van der Waals surface area (Å²) in [5.74, 6) is -2.64. The highest BCUT2D eigenvalue weighted by Gasteiger charge is 2.28. The lowest BCUT2D eigenvalue weighted by Gasteiger charge is -2.33. The summed E-state index contributed by atoms with van der Waals surface area (Å²) in [4.78, 5) is 37.6. The van der Waals surface area contributed by atoms with Crippen LogP contribution in [0.15, 0.2) is 30.3 Å². The van der Waals surface area contributed by atoms with Gasteiger partial charge in [-0.15, -0.1) is 0 Å². The van der Waals surface area contributed by atoms with E-state index in [1.807, 2.05) is 0 Å². The van der Waals surface area contributed by atoms with Crippen LogP contribution in [-0.4, -0.2) is 52.5 Å². The number of ether oxygens (including phenoxy) is 1. The van der Waals surface area contributed by atoms with Gasteiger partial charge < -0.3 is 20.1 Å². The van der Waals surface area contributed by atoms with Crippen LogP contribution in [0, 0.1) is 5.82 Å². The molecule has 1 aliphatic heterocycles. The minimum absolute atomic E-state index is 0.230. The number of nitrogens with one attached hydrogen (secondary N) is 1. The maximum Gasteiger partial charge on any atom is 0.410 e. The van der Waals surface area contributed by atoms with Gasteiger partial charge in [0, 0.05) is 30.8 Å². The molecule has 0 aliphatic carbocycles. The van der Waals surface area contributed by atoms with E-state index in [-0.39, 0.29) is 11.6 Å². The van der Waals surface area contributed by atoms with E-state index in [9.17, 15) is 23.9 Å². The molecule has 0 radical (unpaired) electrons. The number of carbonyl (C=O) groups is 3. The van der Waals surface area contributed by atoms with Gasteiger partial charge in [0.05, 0.1) is 0 Å². The first-order valence-corrected chi connectivity index (χ1v) is 9.04. The van der Waals surface area contributed by atoms with Gasteiger partial charge in [-0.2, -0.15) is 0 Å². The van der Waals surface area contributed by atoms with Gasteiger partial charge in [0.25, 0.3) is 5.91 Å². The van der Waals surface area contributed by atoms with Crippen molar-refractivity contribution in [2.24, 2.45) is 0 Å². The zero-order valence-electron chi connectivity index (χ0n) is 16.2. The number of piperidine rings is 1. The van der Waals surface area contributed by atoms with Crippen molar-refractivity contribution >= 4 is 23.5 Å². The number of hydrogen-bond donors (Lipinski definition) is 2. The third kappa shape index (κ3) is 6.37. The summed E-state index contributed by atoms with van der Waals surface area (Å²) in [5.41, 5.74) is -0.346. The number of likely N-dealkylation sites (tertiary alicyclic amines) is 1. The Kier molecular flexibility index (Phi) is 6.77. The van der Waals surface area contributed by atoms with Gasteiger partial charge in [-0.25, -0.2) is 9.18 Å². The number of rotatable bonds is 4.